The van der Waals surface area contributed by atoms with Crippen molar-refractivity contribution in [3.63, 3.8) is 0 Å². The molecule has 7 heteroatoms. The van der Waals surface area contributed by atoms with Gasteiger partial charge in [-0.1, -0.05) is 19.3 Å². The Morgan fingerprint density at radius 2 is 1.90 bits per heavy atom. The SMILES string of the molecule is CC(C)(CNCC(O)COC1CCCCC1)NS(C)(=O)=O. The Labute approximate surface area is 128 Å². The molecule has 6 nitrogen and oxygen atoms in total. The monoisotopic (exact) mass is 322 g/mol. The summed E-state index contributed by atoms with van der Waals surface area (Å²) in [4.78, 5) is 0. The summed E-state index contributed by atoms with van der Waals surface area (Å²) in [5, 5.41) is 13.0. The molecule has 1 atom stereocenters. The van der Waals surface area contributed by atoms with Gasteiger partial charge in [-0.15, -0.1) is 0 Å². The average molecular weight is 322 g/mol. The van der Waals surface area contributed by atoms with Crippen LogP contribution in [0.15, 0.2) is 0 Å². The molecule has 0 aromatic carbocycles. The third-order valence-corrected chi connectivity index (χ3v) is 4.41. The number of hydrogen-bond donors (Lipinski definition) is 3. The van der Waals surface area contributed by atoms with Crippen molar-refractivity contribution in [1.82, 2.24) is 10.0 Å². The Morgan fingerprint density at radius 1 is 1.29 bits per heavy atom. The van der Waals surface area contributed by atoms with Gasteiger partial charge in [0.15, 0.2) is 0 Å². The fourth-order valence-corrected chi connectivity index (χ4v) is 3.70. The predicted octanol–water partition coefficient (Wildman–Crippen LogP) is 0.614. The Balaban J connectivity index is 2.16. The smallest absolute Gasteiger partial charge is 0.209 e. The average Bonchev–Trinajstić information content (AvgIpc) is 2.34. The van der Waals surface area contributed by atoms with E-state index in [4.69, 9.17) is 4.74 Å². The molecule has 21 heavy (non-hydrogen) atoms. The molecule has 0 aromatic heterocycles. The van der Waals surface area contributed by atoms with Crippen LogP contribution < -0.4 is 10.0 Å². The summed E-state index contributed by atoms with van der Waals surface area (Å²) in [6.07, 6.45) is 6.75. The molecule has 0 aliphatic heterocycles. The number of nitrogens with one attached hydrogen (secondary N) is 2. The van der Waals surface area contributed by atoms with Crippen LogP contribution in [0.2, 0.25) is 0 Å². The molecule has 0 heterocycles. The largest absolute Gasteiger partial charge is 0.389 e. The number of ether oxygens (including phenoxy) is 1. The summed E-state index contributed by atoms with van der Waals surface area (Å²) >= 11 is 0. The van der Waals surface area contributed by atoms with E-state index in [0.29, 0.717) is 19.7 Å². The van der Waals surface area contributed by atoms with Gasteiger partial charge in [-0.25, -0.2) is 13.1 Å². The molecule has 1 aliphatic rings. The summed E-state index contributed by atoms with van der Waals surface area (Å²) < 4.78 is 30.7. The van der Waals surface area contributed by atoms with Gasteiger partial charge in [-0.05, 0) is 26.7 Å². The normalized spacial score (nSPS) is 19.6. The fraction of sp³-hybridized carbons (Fsp3) is 1.00. The van der Waals surface area contributed by atoms with Crippen LogP contribution >= 0.6 is 0 Å². The zero-order valence-corrected chi connectivity index (χ0v) is 14.2. The van der Waals surface area contributed by atoms with Gasteiger partial charge < -0.3 is 15.2 Å². The first kappa shape index (κ1) is 18.8. The van der Waals surface area contributed by atoms with Gasteiger partial charge in [0, 0.05) is 18.6 Å². The lowest BCUT2D eigenvalue weighted by atomic mass is 9.98. The Kier molecular flexibility index (Phi) is 7.56. The highest BCUT2D eigenvalue weighted by Gasteiger charge is 2.22. The molecule has 1 aliphatic carbocycles. The van der Waals surface area contributed by atoms with Crippen molar-refractivity contribution in [3.05, 3.63) is 0 Å². The van der Waals surface area contributed by atoms with Crippen LogP contribution in [-0.4, -0.2) is 57.2 Å². The van der Waals surface area contributed by atoms with E-state index in [1.165, 1.54) is 19.3 Å². The number of sulfonamides is 1. The number of rotatable bonds is 9. The Morgan fingerprint density at radius 3 is 2.48 bits per heavy atom. The first-order chi connectivity index (χ1) is 9.68. The maximum Gasteiger partial charge on any atom is 0.209 e. The van der Waals surface area contributed by atoms with Gasteiger partial charge in [0.25, 0.3) is 0 Å². The van der Waals surface area contributed by atoms with Gasteiger partial charge in [-0.2, -0.15) is 0 Å². The third-order valence-electron chi connectivity index (χ3n) is 3.49. The quantitative estimate of drug-likeness (QED) is 0.579. The van der Waals surface area contributed by atoms with Crippen LogP contribution in [0.3, 0.4) is 0 Å². The molecule has 3 N–H and O–H groups in total. The second-order valence-electron chi connectivity index (χ2n) is 6.64. The van der Waals surface area contributed by atoms with Crippen LogP contribution in [0.5, 0.6) is 0 Å². The zero-order valence-electron chi connectivity index (χ0n) is 13.4. The lowest BCUT2D eigenvalue weighted by molar-refractivity contribution is -0.0231. The maximum absolute atomic E-state index is 11.2. The summed E-state index contributed by atoms with van der Waals surface area (Å²) in [5.74, 6) is 0. The summed E-state index contributed by atoms with van der Waals surface area (Å²) in [7, 11) is -3.23. The van der Waals surface area contributed by atoms with Crippen molar-refractivity contribution in [2.75, 3.05) is 26.0 Å². The highest BCUT2D eigenvalue weighted by molar-refractivity contribution is 7.88. The van der Waals surface area contributed by atoms with Crippen molar-refractivity contribution in [1.29, 1.82) is 0 Å². The Bertz CT molecular complexity index is 392. The van der Waals surface area contributed by atoms with E-state index in [2.05, 4.69) is 10.0 Å². The molecule has 1 saturated carbocycles. The van der Waals surface area contributed by atoms with Crippen molar-refractivity contribution >= 4 is 10.0 Å². The van der Waals surface area contributed by atoms with E-state index >= 15 is 0 Å². The minimum absolute atomic E-state index is 0.289. The highest BCUT2D eigenvalue weighted by Crippen LogP contribution is 2.20. The summed E-state index contributed by atoms with van der Waals surface area (Å²) in [6.45, 7) is 4.76. The number of aliphatic hydroxyl groups is 1. The second-order valence-corrected chi connectivity index (χ2v) is 8.38. The van der Waals surface area contributed by atoms with Gasteiger partial charge in [0.1, 0.15) is 0 Å². The third kappa shape index (κ3) is 9.42. The lowest BCUT2D eigenvalue weighted by Crippen LogP contribution is -2.51. The van der Waals surface area contributed by atoms with E-state index in [0.717, 1.165) is 19.1 Å². The molecule has 126 valence electrons. The van der Waals surface area contributed by atoms with Crippen LogP contribution in [0.25, 0.3) is 0 Å². The van der Waals surface area contributed by atoms with Crippen LogP contribution in [0.4, 0.5) is 0 Å². The minimum Gasteiger partial charge on any atom is -0.389 e. The van der Waals surface area contributed by atoms with Crippen LogP contribution in [0.1, 0.15) is 46.0 Å². The van der Waals surface area contributed by atoms with Gasteiger partial charge in [0.05, 0.1) is 25.1 Å². The topological polar surface area (TPSA) is 87.7 Å². The molecule has 1 fully saturated rings. The van der Waals surface area contributed by atoms with Crippen LogP contribution in [0, 0.1) is 0 Å². The molecule has 0 spiro atoms. The Hall–Kier alpha value is -0.210. The summed E-state index contributed by atoms with van der Waals surface area (Å²) in [6, 6.07) is 0. The van der Waals surface area contributed by atoms with Crippen molar-refractivity contribution in [2.24, 2.45) is 0 Å². The molecular formula is C14H30N2O4S. The highest BCUT2D eigenvalue weighted by atomic mass is 32.2. The van der Waals surface area contributed by atoms with E-state index in [1.807, 2.05) is 0 Å². The second kappa shape index (κ2) is 8.43. The molecule has 0 radical (unpaired) electrons. The van der Waals surface area contributed by atoms with Crippen molar-refractivity contribution in [2.45, 2.75) is 63.7 Å². The molecule has 0 bridgehead atoms. The molecule has 0 saturated heterocycles. The predicted molar refractivity (Wildman–Crippen MR) is 83.8 cm³/mol. The van der Waals surface area contributed by atoms with Gasteiger partial charge in [-0.3, -0.25) is 0 Å². The fourth-order valence-electron chi connectivity index (χ4n) is 2.63. The first-order valence-electron chi connectivity index (χ1n) is 7.67. The van der Waals surface area contributed by atoms with Crippen molar-refractivity contribution < 1.29 is 18.3 Å². The number of aliphatic hydroxyl groups excluding tert-OH is 1. The molecule has 0 amide bonds. The standard InChI is InChI=1S/C14H30N2O4S/c1-14(2,16-21(3,18)19)11-15-9-12(17)10-20-13-7-5-4-6-8-13/h12-13,15-17H,4-11H2,1-3H3. The van der Waals surface area contributed by atoms with Crippen LogP contribution in [-0.2, 0) is 14.8 Å². The van der Waals surface area contributed by atoms with Crippen molar-refractivity contribution in [3.8, 4) is 0 Å². The minimum atomic E-state index is -3.23. The molecular weight excluding hydrogens is 292 g/mol. The summed E-state index contributed by atoms with van der Waals surface area (Å²) in [5.41, 5.74) is -0.586. The lowest BCUT2D eigenvalue weighted by Gasteiger charge is -2.27. The molecule has 1 rings (SSSR count). The van der Waals surface area contributed by atoms with Gasteiger partial charge >= 0.3 is 0 Å². The maximum atomic E-state index is 11.2. The van der Waals surface area contributed by atoms with Gasteiger partial charge in [0.2, 0.25) is 10.0 Å². The number of hydrogen-bond acceptors (Lipinski definition) is 5. The molecule has 0 aromatic rings. The van der Waals surface area contributed by atoms with E-state index in [9.17, 15) is 13.5 Å². The van der Waals surface area contributed by atoms with E-state index in [-0.39, 0.29) is 6.10 Å². The zero-order chi connectivity index (χ0) is 15.9. The molecule has 1 unspecified atom stereocenters. The van der Waals surface area contributed by atoms with E-state index in [1.54, 1.807) is 13.8 Å². The first-order valence-corrected chi connectivity index (χ1v) is 9.56. The van der Waals surface area contributed by atoms with E-state index < -0.39 is 21.7 Å².